The fourth-order valence-corrected chi connectivity index (χ4v) is 3.83. The zero-order valence-electron chi connectivity index (χ0n) is 13.1. The third-order valence-corrected chi connectivity index (χ3v) is 5.20. The Balaban J connectivity index is 1.97. The van der Waals surface area contributed by atoms with Crippen LogP contribution in [0.15, 0.2) is 18.2 Å². The molecule has 1 aliphatic carbocycles. The average molecular weight is 305 g/mol. The van der Waals surface area contributed by atoms with Crippen molar-refractivity contribution in [1.29, 1.82) is 0 Å². The van der Waals surface area contributed by atoms with Crippen molar-refractivity contribution in [2.45, 2.75) is 52.5 Å². The monoisotopic (exact) mass is 304 g/mol. The van der Waals surface area contributed by atoms with Gasteiger partial charge in [0, 0.05) is 18.8 Å². The highest BCUT2D eigenvalue weighted by Gasteiger charge is 2.23. The van der Waals surface area contributed by atoms with E-state index in [2.05, 4.69) is 36.6 Å². The molecule has 0 radical (unpaired) electrons. The van der Waals surface area contributed by atoms with Crippen molar-refractivity contribution in [3.63, 3.8) is 0 Å². The van der Waals surface area contributed by atoms with Crippen LogP contribution < -0.4 is 0 Å². The number of halogens is 1. The molecule has 2 nitrogen and oxygen atoms in total. The molecule has 0 saturated heterocycles. The van der Waals surface area contributed by atoms with Crippen LogP contribution in [-0.4, -0.2) is 15.4 Å². The molecule has 1 aliphatic rings. The van der Waals surface area contributed by atoms with E-state index in [4.69, 9.17) is 16.6 Å². The Kier molecular flexibility index (Phi) is 4.54. The molecular weight excluding hydrogens is 280 g/mol. The van der Waals surface area contributed by atoms with E-state index in [1.165, 1.54) is 36.8 Å². The summed E-state index contributed by atoms with van der Waals surface area (Å²) in [5, 5.41) is 0. The first kappa shape index (κ1) is 14.9. The van der Waals surface area contributed by atoms with E-state index in [0.29, 0.717) is 5.88 Å². The highest BCUT2D eigenvalue weighted by atomic mass is 35.5. The van der Waals surface area contributed by atoms with Crippen molar-refractivity contribution in [3.05, 3.63) is 29.6 Å². The van der Waals surface area contributed by atoms with E-state index in [0.717, 1.165) is 36.1 Å². The van der Waals surface area contributed by atoms with Crippen LogP contribution in [0.2, 0.25) is 0 Å². The summed E-state index contributed by atoms with van der Waals surface area (Å²) in [6.45, 7) is 5.67. The van der Waals surface area contributed by atoms with Gasteiger partial charge in [-0.3, -0.25) is 0 Å². The number of aryl methyl sites for hydroxylation is 2. The number of fused-ring (bicyclic) bond motifs is 1. The maximum Gasteiger partial charge on any atom is 0.111 e. The maximum absolute atomic E-state index is 5.98. The molecule has 1 aromatic heterocycles. The molecule has 3 rings (SSSR count). The lowest BCUT2D eigenvalue weighted by atomic mass is 9.80. The minimum Gasteiger partial charge on any atom is -0.328 e. The Labute approximate surface area is 132 Å². The van der Waals surface area contributed by atoms with Crippen molar-refractivity contribution in [3.8, 4) is 0 Å². The molecular formula is C18H25ClN2. The normalized spacial score (nSPS) is 22.8. The SMILES string of the molecule is Cc1ccc2nc(CCCl)n(CC3CCCCC3C)c2c1. The van der Waals surface area contributed by atoms with Crippen LogP contribution in [0.1, 0.15) is 44.0 Å². The average Bonchev–Trinajstić information content (AvgIpc) is 2.79. The standard InChI is InChI=1S/C18H25ClN2/c1-13-7-8-16-17(11-13)21(18(20-16)9-10-19)12-15-6-4-3-5-14(15)2/h7-8,11,14-15H,3-6,9-10,12H2,1-2H3. The van der Waals surface area contributed by atoms with E-state index >= 15 is 0 Å². The van der Waals surface area contributed by atoms with E-state index in [1.54, 1.807) is 0 Å². The highest BCUT2D eigenvalue weighted by molar-refractivity contribution is 6.17. The summed E-state index contributed by atoms with van der Waals surface area (Å²) in [4.78, 5) is 4.81. The molecule has 0 spiro atoms. The topological polar surface area (TPSA) is 17.8 Å². The van der Waals surface area contributed by atoms with Crippen LogP contribution in [-0.2, 0) is 13.0 Å². The van der Waals surface area contributed by atoms with Gasteiger partial charge >= 0.3 is 0 Å². The number of imidazole rings is 1. The first-order chi connectivity index (χ1) is 10.2. The van der Waals surface area contributed by atoms with Gasteiger partial charge in [-0.05, 0) is 42.9 Å². The summed E-state index contributed by atoms with van der Waals surface area (Å²) in [7, 11) is 0. The van der Waals surface area contributed by atoms with Gasteiger partial charge in [-0.15, -0.1) is 11.6 Å². The second-order valence-corrected chi connectivity index (χ2v) is 6.97. The van der Waals surface area contributed by atoms with Gasteiger partial charge in [-0.1, -0.05) is 32.3 Å². The van der Waals surface area contributed by atoms with Crippen LogP contribution in [0.5, 0.6) is 0 Å². The van der Waals surface area contributed by atoms with Crippen LogP contribution in [0.3, 0.4) is 0 Å². The fraction of sp³-hybridized carbons (Fsp3) is 0.611. The number of nitrogens with zero attached hydrogens (tertiary/aromatic N) is 2. The molecule has 1 heterocycles. The van der Waals surface area contributed by atoms with Crippen molar-refractivity contribution in [1.82, 2.24) is 9.55 Å². The van der Waals surface area contributed by atoms with Crippen molar-refractivity contribution >= 4 is 22.6 Å². The number of aromatic nitrogens is 2. The zero-order valence-corrected chi connectivity index (χ0v) is 13.9. The van der Waals surface area contributed by atoms with E-state index in [-0.39, 0.29) is 0 Å². The van der Waals surface area contributed by atoms with E-state index in [1.807, 2.05) is 0 Å². The third kappa shape index (κ3) is 3.11. The van der Waals surface area contributed by atoms with Gasteiger partial charge in [0.15, 0.2) is 0 Å². The maximum atomic E-state index is 5.98. The minimum absolute atomic E-state index is 0.641. The van der Waals surface area contributed by atoms with Gasteiger partial charge in [-0.25, -0.2) is 4.98 Å². The smallest absolute Gasteiger partial charge is 0.111 e. The van der Waals surface area contributed by atoms with Crippen molar-refractivity contribution < 1.29 is 0 Å². The summed E-state index contributed by atoms with van der Waals surface area (Å²) in [5.41, 5.74) is 3.70. The minimum atomic E-state index is 0.641. The van der Waals surface area contributed by atoms with Crippen LogP contribution in [0.25, 0.3) is 11.0 Å². The van der Waals surface area contributed by atoms with Gasteiger partial charge in [0.1, 0.15) is 5.82 Å². The summed E-state index contributed by atoms with van der Waals surface area (Å²) in [5.74, 6) is 3.40. The van der Waals surface area contributed by atoms with Crippen molar-refractivity contribution in [2.75, 3.05) is 5.88 Å². The second kappa shape index (κ2) is 6.39. The second-order valence-electron chi connectivity index (χ2n) is 6.59. The third-order valence-electron chi connectivity index (χ3n) is 5.01. The number of hydrogen-bond acceptors (Lipinski definition) is 1. The number of hydrogen-bond donors (Lipinski definition) is 0. The molecule has 1 saturated carbocycles. The molecule has 1 aromatic carbocycles. The van der Waals surface area contributed by atoms with E-state index < -0.39 is 0 Å². The van der Waals surface area contributed by atoms with Crippen LogP contribution in [0.4, 0.5) is 0 Å². The van der Waals surface area contributed by atoms with Gasteiger partial charge in [0.2, 0.25) is 0 Å². The van der Waals surface area contributed by atoms with Gasteiger partial charge in [-0.2, -0.15) is 0 Å². The van der Waals surface area contributed by atoms with Gasteiger partial charge in [0.05, 0.1) is 11.0 Å². The summed E-state index contributed by atoms with van der Waals surface area (Å²) in [6, 6.07) is 6.56. The lowest BCUT2D eigenvalue weighted by Crippen LogP contribution is -2.23. The molecule has 2 unspecified atom stereocenters. The Hall–Kier alpha value is -1.02. The first-order valence-corrected chi connectivity index (χ1v) is 8.74. The molecule has 1 fully saturated rings. The van der Waals surface area contributed by atoms with Crippen molar-refractivity contribution in [2.24, 2.45) is 11.8 Å². The molecule has 114 valence electrons. The Morgan fingerprint density at radius 1 is 1.29 bits per heavy atom. The molecule has 0 amide bonds. The molecule has 21 heavy (non-hydrogen) atoms. The fourth-order valence-electron chi connectivity index (χ4n) is 3.66. The predicted octanol–water partition coefficient (Wildman–Crippen LogP) is 4.95. The molecule has 2 atom stereocenters. The lowest BCUT2D eigenvalue weighted by Gasteiger charge is -2.29. The molecule has 0 N–H and O–H groups in total. The first-order valence-electron chi connectivity index (χ1n) is 8.20. The van der Waals surface area contributed by atoms with Gasteiger partial charge in [0.25, 0.3) is 0 Å². The zero-order chi connectivity index (χ0) is 14.8. The molecule has 2 aromatic rings. The van der Waals surface area contributed by atoms with Crippen LogP contribution >= 0.6 is 11.6 Å². The quantitative estimate of drug-likeness (QED) is 0.731. The largest absolute Gasteiger partial charge is 0.328 e. The number of alkyl halides is 1. The predicted molar refractivity (Wildman–Crippen MR) is 90.0 cm³/mol. The number of benzene rings is 1. The summed E-state index contributed by atoms with van der Waals surface area (Å²) >= 11 is 5.98. The Morgan fingerprint density at radius 2 is 2.10 bits per heavy atom. The molecule has 0 bridgehead atoms. The lowest BCUT2D eigenvalue weighted by molar-refractivity contribution is 0.229. The number of rotatable bonds is 4. The van der Waals surface area contributed by atoms with E-state index in [9.17, 15) is 0 Å². The Morgan fingerprint density at radius 3 is 2.86 bits per heavy atom. The molecule has 3 heteroatoms. The highest BCUT2D eigenvalue weighted by Crippen LogP contribution is 2.32. The summed E-state index contributed by atoms with van der Waals surface area (Å²) < 4.78 is 2.44. The van der Waals surface area contributed by atoms with Crippen LogP contribution in [0, 0.1) is 18.8 Å². The Bertz CT molecular complexity index is 617. The molecule has 0 aliphatic heterocycles. The summed E-state index contributed by atoms with van der Waals surface area (Å²) in [6.07, 6.45) is 6.37. The van der Waals surface area contributed by atoms with Gasteiger partial charge < -0.3 is 4.57 Å².